The molecule has 1 saturated heterocycles. The average molecular weight is 341 g/mol. The number of hydrogen-bond donors (Lipinski definition) is 2. The highest BCUT2D eigenvalue weighted by Crippen LogP contribution is 2.23. The lowest BCUT2D eigenvalue weighted by Crippen LogP contribution is -2.45. The Bertz CT molecular complexity index is 547. The molecule has 1 aromatic carbocycles. The summed E-state index contributed by atoms with van der Waals surface area (Å²) in [6.07, 6.45) is -0.672. The van der Waals surface area contributed by atoms with Gasteiger partial charge in [-0.05, 0) is 37.9 Å². The van der Waals surface area contributed by atoms with Gasteiger partial charge >= 0.3 is 6.03 Å². The highest BCUT2D eigenvalue weighted by molar-refractivity contribution is 5.89. The summed E-state index contributed by atoms with van der Waals surface area (Å²) in [6, 6.07) is 4.90. The maximum absolute atomic E-state index is 12.3. The molecule has 2 amide bonds. The molecule has 24 heavy (non-hydrogen) atoms. The van der Waals surface area contributed by atoms with E-state index in [0.717, 1.165) is 38.0 Å². The standard InChI is InChI=1S/C17H25F2N3O2/c1-3-22-8-6-13(7-9-22)20-17(23)21-14-5-4-12(2)15(10-14)24-11-16(18)19/h4-5,10,13,16H,3,6-9,11H2,1-2H3,(H2,20,21,23). The molecule has 2 rings (SSSR count). The van der Waals surface area contributed by atoms with Crippen molar-refractivity contribution >= 4 is 11.7 Å². The number of carbonyl (C=O) groups is 1. The molecule has 0 radical (unpaired) electrons. The molecule has 1 heterocycles. The summed E-state index contributed by atoms with van der Waals surface area (Å²) in [6.45, 7) is 6.24. The minimum absolute atomic E-state index is 0.160. The summed E-state index contributed by atoms with van der Waals surface area (Å²) < 4.78 is 29.6. The third kappa shape index (κ3) is 5.63. The molecule has 0 aromatic heterocycles. The van der Waals surface area contributed by atoms with Crippen LogP contribution < -0.4 is 15.4 Å². The predicted molar refractivity (Wildman–Crippen MR) is 90.0 cm³/mol. The number of rotatable bonds is 6. The SMILES string of the molecule is CCN1CCC(NC(=O)Nc2ccc(C)c(OCC(F)F)c2)CC1. The molecule has 7 heteroatoms. The first-order valence-electron chi connectivity index (χ1n) is 8.29. The summed E-state index contributed by atoms with van der Waals surface area (Å²) in [5.74, 6) is 0.351. The highest BCUT2D eigenvalue weighted by atomic mass is 19.3. The first-order valence-corrected chi connectivity index (χ1v) is 8.29. The van der Waals surface area contributed by atoms with E-state index >= 15 is 0 Å². The van der Waals surface area contributed by atoms with Crippen LogP contribution in [0.5, 0.6) is 5.75 Å². The van der Waals surface area contributed by atoms with Crippen LogP contribution in [-0.2, 0) is 0 Å². The first kappa shape index (κ1) is 18.4. The molecule has 1 aliphatic heterocycles. The summed E-state index contributed by atoms with van der Waals surface area (Å²) in [5, 5.41) is 5.70. The lowest BCUT2D eigenvalue weighted by atomic mass is 10.1. The maximum atomic E-state index is 12.3. The van der Waals surface area contributed by atoms with Crippen LogP contribution in [0, 0.1) is 6.92 Å². The molecule has 5 nitrogen and oxygen atoms in total. The van der Waals surface area contributed by atoms with Gasteiger partial charge in [-0.25, -0.2) is 13.6 Å². The minimum Gasteiger partial charge on any atom is -0.487 e. The lowest BCUT2D eigenvalue weighted by Gasteiger charge is -2.31. The first-order chi connectivity index (χ1) is 11.5. The van der Waals surface area contributed by atoms with Gasteiger partial charge in [0.25, 0.3) is 6.43 Å². The number of aryl methyl sites for hydroxylation is 1. The normalized spacial score (nSPS) is 16.2. The van der Waals surface area contributed by atoms with Crippen LogP contribution in [0.25, 0.3) is 0 Å². The van der Waals surface area contributed by atoms with Gasteiger partial charge in [-0.15, -0.1) is 0 Å². The fourth-order valence-electron chi connectivity index (χ4n) is 2.73. The Morgan fingerprint density at radius 3 is 2.71 bits per heavy atom. The second kappa shape index (κ2) is 8.82. The zero-order valence-electron chi connectivity index (χ0n) is 14.1. The Kier molecular flexibility index (Phi) is 6.78. The fraction of sp³-hybridized carbons (Fsp3) is 0.588. The number of likely N-dealkylation sites (tertiary alicyclic amines) is 1. The number of halogens is 2. The van der Waals surface area contributed by atoms with Gasteiger partial charge in [0.05, 0.1) is 0 Å². The van der Waals surface area contributed by atoms with Crippen molar-refractivity contribution in [2.45, 2.75) is 39.2 Å². The molecular weight excluding hydrogens is 316 g/mol. The van der Waals surface area contributed by atoms with Crippen LogP contribution in [0.15, 0.2) is 18.2 Å². The number of ether oxygens (including phenoxy) is 1. The Hall–Kier alpha value is -1.89. The van der Waals surface area contributed by atoms with E-state index in [4.69, 9.17) is 4.74 Å². The molecule has 0 aliphatic carbocycles. The van der Waals surface area contributed by atoms with Crippen molar-refractivity contribution in [2.75, 3.05) is 31.6 Å². The van der Waals surface area contributed by atoms with Gasteiger partial charge in [0.15, 0.2) is 0 Å². The molecular formula is C17H25F2N3O2. The molecule has 0 atom stereocenters. The van der Waals surface area contributed by atoms with Crippen LogP contribution in [0.1, 0.15) is 25.3 Å². The average Bonchev–Trinajstić information content (AvgIpc) is 2.56. The zero-order chi connectivity index (χ0) is 17.5. The number of benzene rings is 1. The van der Waals surface area contributed by atoms with Gasteiger partial charge in [-0.3, -0.25) is 0 Å². The number of piperidine rings is 1. The van der Waals surface area contributed by atoms with Gasteiger partial charge in [-0.1, -0.05) is 13.0 Å². The Morgan fingerprint density at radius 1 is 1.38 bits per heavy atom. The number of urea groups is 1. The summed E-state index contributed by atoms with van der Waals surface area (Å²) in [7, 11) is 0. The quantitative estimate of drug-likeness (QED) is 0.835. The van der Waals surface area contributed by atoms with Crippen molar-refractivity contribution in [2.24, 2.45) is 0 Å². The Morgan fingerprint density at radius 2 is 2.08 bits per heavy atom. The van der Waals surface area contributed by atoms with E-state index in [0.29, 0.717) is 11.4 Å². The molecule has 2 N–H and O–H groups in total. The van der Waals surface area contributed by atoms with Crippen LogP contribution in [-0.4, -0.2) is 49.6 Å². The third-order valence-electron chi connectivity index (χ3n) is 4.18. The third-order valence-corrected chi connectivity index (χ3v) is 4.18. The summed E-state index contributed by atoms with van der Waals surface area (Å²) in [4.78, 5) is 14.4. The number of nitrogens with one attached hydrogen (secondary N) is 2. The predicted octanol–water partition coefficient (Wildman–Crippen LogP) is 3.24. The molecule has 0 unspecified atom stereocenters. The summed E-state index contributed by atoms with van der Waals surface area (Å²) >= 11 is 0. The second-order valence-electron chi connectivity index (χ2n) is 5.99. The largest absolute Gasteiger partial charge is 0.487 e. The van der Waals surface area contributed by atoms with Crippen molar-refractivity contribution in [3.05, 3.63) is 23.8 Å². The van der Waals surface area contributed by atoms with Gasteiger partial charge < -0.3 is 20.3 Å². The van der Waals surface area contributed by atoms with Gasteiger partial charge in [-0.2, -0.15) is 0 Å². The lowest BCUT2D eigenvalue weighted by molar-refractivity contribution is 0.0816. The van der Waals surface area contributed by atoms with Crippen molar-refractivity contribution in [1.82, 2.24) is 10.2 Å². The molecule has 0 bridgehead atoms. The highest BCUT2D eigenvalue weighted by Gasteiger charge is 2.19. The van der Waals surface area contributed by atoms with E-state index in [1.165, 1.54) is 0 Å². The fourth-order valence-corrected chi connectivity index (χ4v) is 2.73. The monoisotopic (exact) mass is 341 g/mol. The Balaban J connectivity index is 1.86. The molecule has 0 saturated carbocycles. The topological polar surface area (TPSA) is 53.6 Å². The number of carbonyl (C=O) groups excluding carboxylic acids is 1. The van der Waals surface area contributed by atoms with Crippen molar-refractivity contribution < 1.29 is 18.3 Å². The smallest absolute Gasteiger partial charge is 0.319 e. The molecule has 1 aliphatic rings. The zero-order valence-corrected chi connectivity index (χ0v) is 14.1. The maximum Gasteiger partial charge on any atom is 0.319 e. The van der Waals surface area contributed by atoms with E-state index in [1.54, 1.807) is 25.1 Å². The van der Waals surface area contributed by atoms with Crippen LogP contribution in [0.3, 0.4) is 0 Å². The van der Waals surface area contributed by atoms with Crippen LogP contribution in [0.4, 0.5) is 19.3 Å². The second-order valence-corrected chi connectivity index (χ2v) is 5.99. The molecule has 0 spiro atoms. The minimum atomic E-state index is -2.53. The number of alkyl halides is 2. The van der Waals surface area contributed by atoms with E-state index in [-0.39, 0.29) is 12.1 Å². The van der Waals surface area contributed by atoms with Crippen LogP contribution in [0.2, 0.25) is 0 Å². The van der Waals surface area contributed by atoms with E-state index in [1.807, 2.05) is 0 Å². The van der Waals surface area contributed by atoms with Gasteiger partial charge in [0, 0.05) is 30.9 Å². The van der Waals surface area contributed by atoms with E-state index in [9.17, 15) is 13.6 Å². The van der Waals surface area contributed by atoms with Gasteiger partial charge in [0.2, 0.25) is 0 Å². The number of hydrogen-bond acceptors (Lipinski definition) is 3. The van der Waals surface area contributed by atoms with Crippen LogP contribution >= 0.6 is 0 Å². The Labute approximate surface area is 141 Å². The molecule has 134 valence electrons. The van der Waals surface area contributed by atoms with Crippen molar-refractivity contribution in [1.29, 1.82) is 0 Å². The summed E-state index contributed by atoms with van der Waals surface area (Å²) in [5.41, 5.74) is 1.27. The molecule has 1 fully saturated rings. The van der Waals surface area contributed by atoms with Crippen molar-refractivity contribution in [3.8, 4) is 5.75 Å². The van der Waals surface area contributed by atoms with Crippen molar-refractivity contribution in [3.63, 3.8) is 0 Å². The van der Waals surface area contributed by atoms with E-state index < -0.39 is 13.0 Å². The van der Waals surface area contributed by atoms with E-state index in [2.05, 4.69) is 22.5 Å². The number of anilines is 1. The number of nitrogens with zero attached hydrogens (tertiary/aromatic N) is 1. The molecule has 1 aromatic rings. The number of amides is 2. The van der Waals surface area contributed by atoms with Gasteiger partial charge in [0.1, 0.15) is 12.4 Å².